The average molecular weight is 227 g/mol. The summed E-state index contributed by atoms with van der Waals surface area (Å²) in [5, 5.41) is 6.82. The van der Waals surface area contributed by atoms with Crippen molar-refractivity contribution < 1.29 is 8.78 Å². The van der Waals surface area contributed by atoms with Crippen LogP contribution in [0.4, 0.5) is 14.5 Å². The Kier molecular flexibility index (Phi) is 3.13. The number of hydrogen-bond donors (Lipinski definition) is 2. The van der Waals surface area contributed by atoms with Gasteiger partial charge in [-0.1, -0.05) is 0 Å². The number of alkyl halides is 2. The van der Waals surface area contributed by atoms with Gasteiger partial charge in [-0.25, -0.2) is 13.8 Å². The molecule has 2 aromatic heterocycles. The fourth-order valence-electron chi connectivity index (χ4n) is 1.28. The van der Waals surface area contributed by atoms with Gasteiger partial charge in [0.1, 0.15) is 12.4 Å². The highest BCUT2D eigenvalue weighted by Gasteiger charge is 2.05. The molecule has 0 spiro atoms. The van der Waals surface area contributed by atoms with Gasteiger partial charge in [-0.3, -0.25) is 4.68 Å². The monoisotopic (exact) mass is 227 g/mol. The maximum Gasteiger partial charge on any atom is 0.257 e. The van der Waals surface area contributed by atoms with Crippen LogP contribution in [0.5, 0.6) is 0 Å². The van der Waals surface area contributed by atoms with E-state index in [9.17, 15) is 8.78 Å². The van der Waals surface area contributed by atoms with Crippen molar-refractivity contribution in [3.63, 3.8) is 0 Å². The topological polar surface area (TPSA) is 58.5 Å². The Morgan fingerprint density at radius 1 is 1.50 bits per heavy atom. The number of nitrogens with zero attached hydrogens (tertiary/aromatic N) is 3. The van der Waals surface area contributed by atoms with Gasteiger partial charge in [0, 0.05) is 18.6 Å². The van der Waals surface area contributed by atoms with Crippen LogP contribution in [0, 0.1) is 0 Å². The second-order valence-corrected chi connectivity index (χ2v) is 3.23. The number of nitrogens with one attached hydrogen (secondary N) is 2. The molecule has 0 aliphatic carbocycles. The summed E-state index contributed by atoms with van der Waals surface area (Å²) in [7, 11) is 0. The van der Waals surface area contributed by atoms with Crippen molar-refractivity contribution >= 4 is 5.69 Å². The molecule has 0 unspecified atom stereocenters. The molecule has 0 bridgehead atoms. The molecule has 16 heavy (non-hydrogen) atoms. The highest BCUT2D eigenvalue weighted by molar-refractivity contribution is 5.38. The lowest BCUT2D eigenvalue weighted by atomic mass is 10.5. The Hall–Kier alpha value is -1.92. The lowest BCUT2D eigenvalue weighted by molar-refractivity contribution is 0.122. The number of imidazole rings is 1. The Morgan fingerprint density at radius 2 is 2.38 bits per heavy atom. The molecule has 2 heterocycles. The van der Waals surface area contributed by atoms with E-state index in [2.05, 4.69) is 20.4 Å². The van der Waals surface area contributed by atoms with E-state index in [1.54, 1.807) is 12.4 Å². The Labute approximate surface area is 90.5 Å². The summed E-state index contributed by atoms with van der Waals surface area (Å²) in [5.74, 6) is 0.779. The first-order valence-electron chi connectivity index (χ1n) is 4.77. The van der Waals surface area contributed by atoms with Gasteiger partial charge in [0.25, 0.3) is 6.43 Å². The highest BCUT2D eigenvalue weighted by Crippen LogP contribution is 2.07. The summed E-state index contributed by atoms with van der Waals surface area (Å²) >= 11 is 0. The molecule has 2 N–H and O–H groups in total. The van der Waals surface area contributed by atoms with Gasteiger partial charge < -0.3 is 10.3 Å². The minimum Gasteiger partial charge on any atom is -0.375 e. The summed E-state index contributed by atoms with van der Waals surface area (Å²) in [6.07, 6.45) is 4.02. The van der Waals surface area contributed by atoms with Crippen molar-refractivity contribution in [3.8, 4) is 0 Å². The molecule has 0 aliphatic rings. The van der Waals surface area contributed by atoms with Crippen LogP contribution < -0.4 is 5.32 Å². The molecule has 0 atom stereocenters. The number of anilines is 1. The van der Waals surface area contributed by atoms with E-state index >= 15 is 0 Å². The fourth-order valence-corrected chi connectivity index (χ4v) is 1.28. The van der Waals surface area contributed by atoms with Crippen LogP contribution in [0.25, 0.3) is 0 Å². The smallest absolute Gasteiger partial charge is 0.257 e. The van der Waals surface area contributed by atoms with E-state index in [0.717, 1.165) is 5.82 Å². The summed E-state index contributed by atoms with van der Waals surface area (Å²) in [6.45, 7) is 0.121. The number of H-pyrrole nitrogens is 1. The molecule has 0 aromatic carbocycles. The van der Waals surface area contributed by atoms with Gasteiger partial charge in [0.2, 0.25) is 0 Å². The minimum absolute atomic E-state index is 0.386. The largest absolute Gasteiger partial charge is 0.375 e. The zero-order chi connectivity index (χ0) is 11.4. The van der Waals surface area contributed by atoms with Crippen molar-refractivity contribution in [1.29, 1.82) is 0 Å². The van der Waals surface area contributed by atoms with E-state index in [1.807, 2.05) is 0 Å². The van der Waals surface area contributed by atoms with Crippen LogP contribution in [-0.4, -0.2) is 26.2 Å². The Bertz CT molecular complexity index is 423. The number of aromatic nitrogens is 4. The van der Waals surface area contributed by atoms with Crippen LogP contribution in [0.15, 0.2) is 24.8 Å². The van der Waals surface area contributed by atoms with Crippen LogP contribution >= 0.6 is 0 Å². The van der Waals surface area contributed by atoms with Crippen molar-refractivity contribution in [3.05, 3.63) is 30.6 Å². The van der Waals surface area contributed by atoms with Crippen LogP contribution in [-0.2, 0) is 13.1 Å². The SMILES string of the molecule is FC(F)Cn1cc(NCc2ncc[nH]2)cn1. The summed E-state index contributed by atoms with van der Waals surface area (Å²) in [5.41, 5.74) is 0.692. The van der Waals surface area contributed by atoms with Gasteiger partial charge in [0.15, 0.2) is 0 Å². The van der Waals surface area contributed by atoms with Crippen LogP contribution in [0.3, 0.4) is 0 Å². The first-order valence-corrected chi connectivity index (χ1v) is 4.77. The highest BCUT2D eigenvalue weighted by atomic mass is 19.3. The second kappa shape index (κ2) is 4.73. The van der Waals surface area contributed by atoms with Gasteiger partial charge >= 0.3 is 0 Å². The molecule has 0 saturated heterocycles. The Balaban J connectivity index is 1.88. The molecule has 2 aromatic rings. The minimum atomic E-state index is -2.39. The standard InChI is InChI=1S/C9H11F2N5/c10-8(11)6-16-5-7(3-15-16)14-4-9-12-1-2-13-9/h1-3,5,8,14H,4,6H2,(H,12,13). The zero-order valence-electron chi connectivity index (χ0n) is 8.40. The molecule has 2 rings (SSSR count). The van der Waals surface area contributed by atoms with Crippen LogP contribution in [0.1, 0.15) is 5.82 Å². The fraction of sp³-hybridized carbons (Fsp3) is 0.333. The number of halogens is 2. The molecular formula is C9H11F2N5. The maximum atomic E-state index is 12.0. The van der Waals surface area contributed by atoms with Crippen molar-refractivity contribution in [1.82, 2.24) is 19.7 Å². The molecule has 7 heteroatoms. The average Bonchev–Trinajstić information content (AvgIpc) is 2.84. The van der Waals surface area contributed by atoms with Gasteiger partial charge in [-0.05, 0) is 0 Å². The van der Waals surface area contributed by atoms with E-state index in [0.29, 0.717) is 12.2 Å². The third-order valence-electron chi connectivity index (χ3n) is 1.97. The molecule has 5 nitrogen and oxygen atoms in total. The zero-order valence-corrected chi connectivity index (χ0v) is 8.40. The van der Waals surface area contributed by atoms with Gasteiger partial charge in [0.05, 0.1) is 18.4 Å². The normalized spacial score (nSPS) is 10.9. The van der Waals surface area contributed by atoms with Crippen molar-refractivity contribution in [2.75, 3.05) is 5.32 Å². The van der Waals surface area contributed by atoms with E-state index in [4.69, 9.17) is 0 Å². The molecular weight excluding hydrogens is 216 g/mol. The third kappa shape index (κ3) is 2.78. The molecule has 0 saturated carbocycles. The molecule has 0 radical (unpaired) electrons. The third-order valence-corrected chi connectivity index (χ3v) is 1.97. The van der Waals surface area contributed by atoms with Gasteiger partial charge in [-0.2, -0.15) is 5.10 Å². The quantitative estimate of drug-likeness (QED) is 0.813. The molecule has 0 aliphatic heterocycles. The lowest BCUT2D eigenvalue weighted by Gasteiger charge is -2.00. The molecule has 0 amide bonds. The molecule has 0 fully saturated rings. The first-order chi connectivity index (χ1) is 7.74. The van der Waals surface area contributed by atoms with Crippen LogP contribution in [0.2, 0.25) is 0 Å². The van der Waals surface area contributed by atoms with Crippen molar-refractivity contribution in [2.24, 2.45) is 0 Å². The number of hydrogen-bond acceptors (Lipinski definition) is 3. The van der Waals surface area contributed by atoms with Gasteiger partial charge in [-0.15, -0.1) is 0 Å². The first kappa shape index (κ1) is 10.6. The lowest BCUT2D eigenvalue weighted by Crippen LogP contribution is -2.06. The summed E-state index contributed by atoms with van der Waals surface area (Å²) < 4.78 is 25.3. The number of rotatable bonds is 5. The summed E-state index contributed by atoms with van der Waals surface area (Å²) in [6, 6.07) is 0. The Morgan fingerprint density at radius 3 is 3.06 bits per heavy atom. The predicted molar refractivity (Wildman–Crippen MR) is 54.1 cm³/mol. The number of aromatic amines is 1. The second-order valence-electron chi connectivity index (χ2n) is 3.23. The van der Waals surface area contributed by atoms with Crippen molar-refractivity contribution in [2.45, 2.75) is 19.5 Å². The summed E-state index contributed by atoms with van der Waals surface area (Å²) in [4.78, 5) is 6.95. The predicted octanol–water partition coefficient (Wildman–Crippen LogP) is 1.48. The van der Waals surface area contributed by atoms with E-state index in [1.165, 1.54) is 17.1 Å². The van der Waals surface area contributed by atoms with E-state index < -0.39 is 6.43 Å². The maximum absolute atomic E-state index is 12.0. The van der Waals surface area contributed by atoms with E-state index in [-0.39, 0.29) is 6.54 Å². The molecule has 86 valence electrons.